The lowest BCUT2D eigenvalue weighted by molar-refractivity contribution is 0.106. The van der Waals surface area contributed by atoms with Gasteiger partial charge in [-0.05, 0) is 44.5 Å². The fourth-order valence-electron chi connectivity index (χ4n) is 2.84. The number of likely N-dealkylation sites (tertiary alicyclic amines) is 1. The predicted octanol–water partition coefficient (Wildman–Crippen LogP) is 1.97. The molecule has 2 atom stereocenters. The Labute approximate surface area is 108 Å². The summed E-state index contributed by atoms with van der Waals surface area (Å²) in [7, 11) is 0. The molecule has 0 bridgehead atoms. The molecule has 0 aromatic heterocycles. The van der Waals surface area contributed by atoms with Crippen LogP contribution >= 0.6 is 0 Å². The first kappa shape index (κ1) is 13.2. The Morgan fingerprint density at radius 3 is 2.89 bits per heavy atom. The highest BCUT2D eigenvalue weighted by atomic mass is 16.3. The molecule has 0 radical (unpaired) electrons. The second-order valence-corrected chi connectivity index (χ2v) is 5.04. The van der Waals surface area contributed by atoms with E-state index in [0.29, 0.717) is 12.6 Å². The second-order valence-electron chi connectivity index (χ2n) is 5.04. The number of aromatic hydroxyl groups is 2. The Bertz CT molecular complexity index is 409. The highest BCUT2D eigenvalue weighted by molar-refractivity contribution is 5.40. The molecule has 1 aromatic carbocycles. The van der Waals surface area contributed by atoms with Crippen LogP contribution in [0.2, 0.25) is 0 Å². The van der Waals surface area contributed by atoms with Gasteiger partial charge in [0, 0.05) is 24.2 Å². The average Bonchev–Trinajstić information content (AvgIpc) is 2.40. The third-order valence-electron chi connectivity index (χ3n) is 3.90. The molecule has 100 valence electrons. The fraction of sp³-hybridized carbons (Fsp3) is 0.571. The van der Waals surface area contributed by atoms with E-state index in [1.807, 2.05) is 0 Å². The van der Waals surface area contributed by atoms with Gasteiger partial charge < -0.3 is 15.9 Å². The minimum absolute atomic E-state index is 0.0750. The molecule has 0 spiro atoms. The molecule has 2 unspecified atom stereocenters. The molecule has 4 nitrogen and oxygen atoms in total. The highest BCUT2D eigenvalue weighted by Crippen LogP contribution is 2.34. The fourth-order valence-corrected chi connectivity index (χ4v) is 2.84. The average molecular weight is 250 g/mol. The predicted molar refractivity (Wildman–Crippen MR) is 71.6 cm³/mol. The van der Waals surface area contributed by atoms with Crippen molar-refractivity contribution in [2.45, 2.75) is 38.3 Å². The number of hydrogen-bond donors (Lipinski definition) is 3. The maximum Gasteiger partial charge on any atom is 0.120 e. The van der Waals surface area contributed by atoms with Gasteiger partial charge in [0.25, 0.3) is 0 Å². The minimum atomic E-state index is 0.0750. The van der Waals surface area contributed by atoms with E-state index in [1.165, 1.54) is 18.9 Å². The Morgan fingerprint density at radius 1 is 1.39 bits per heavy atom. The van der Waals surface area contributed by atoms with E-state index in [2.05, 4.69) is 11.8 Å². The Morgan fingerprint density at radius 2 is 2.17 bits per heavy atom. The largest absolute Gasteiger partial charge is 0.508 e. The van der Waals surface area contributed by atoms with Crippen molar-refractivity contribution in [2.75, 3.05) is 13.1 Å². The molecule has 4 heteroatoms. The lowest BCUT2D eigenvalue weighted by Crippen LogP contribution is -2.45. The van der Waals surface area contributed by atoms with Crippen molar-refractivity contribution in [2.24, 2.45) is 5.73 Å². The van der Waals surface area contributed by atoms with Crippen LogP contribution in [0, 0.1) is 0 Å². The molecule has 1 aliphatic heterocycles. The van der Waals surface area contributed by atoms with Gasteiger partial charge in [-0.15, -0.1) is 0 Å². The van der Waals surface area contributed by atoms with Crippen LogP contribution in [0.25, 0.3) is 0 Å². The van der Waals surface area contributed by atoms with Gasteiger partial charge in [-0.2, -0.15) is 0 Å². The first-order valence-electron chi connectivity index (χ1n) is 6.61. The maximum absolute atomic E-state index is 9.93. The van der Waals surface area contributed by atoms with E-state index in [4.69, 9.17) is 5.73 Å². The summed E-state index contributed by atoms with van der Waals surface area (Å²) >= 11 is 0. The lowest BCUT2D eigenvalue weighted by atomic mass is 9.96. The zero-order valence-electron chi connectivity index (χ0n) is 10.8. The summed E-state index contributed by atoms with van der Waals surface area (Å²) in [6.45, 7) is 3.70. The van der Waals surface area contributed by atoms with Gasteiger partial charge in [0.15, 0.2) is 0 Å². The molecule has 18 heavy (non-hydrogen) atoms. The molecule has 1 aliphatic rings. The summed E-state index contributed by atoms with van der Waals surface area (Å²) in [5.41, 5.74) is 6.60. The minimum Gasteiger partial charge on any atom is -0.508 e. The topological polar surface area (TPSA) is 69.7 Å². The zero-order chi connectivity index (χ0) is 13.1. The number of nitrogens with two attached hydrogens (primary N) is 1. The monoisotopic (exact) mass is 250 g/mol. The molecule has 1 saturated heterocycles. The molecular weight excluding hydrogens is 228 g/mol. The van der Waals surface area contributed by atoms with Crippen LogP contribution in [-0.4, -0.2) is 34.2 Å². The number of rotatable bonds is 3. The van der Waals surface area contributed by atoms with Crippen LogP contribution in [0.5, 0.6) is 11.5 Å². The van der Waals surface area contributed by atoms with Crippen molar-refractivity contribution in [3.63, 3.8) is 0 Å². The van der Waals surface area contributed by atoms with Gasteiger partial charge in [-0.1, -0.05) is 6.42 Å². The van der Waals surface area contributed by atoms with Crippen molar-refractivity contribution in [1.29, 1.82) is 0 Å². The maximum atomic E-state index is 9.93. The number of phenolic OH excluding ortho intramolecular Hbond substituents is 2. The summed E-state index contributed by atoms with van der Waals surface area (Å²) in [4.78, 5) is 2.33. The van der Waals surface area contributed by atoms with E-state index in [-0.39, 0.29) is 17.5 Å². The smallest absolute Gasteiger partial charge is 0.120 e. The second kappa shape index (κ2) is 5.59. The van der Waals surface area contributed by atoms with Crippen LogP contribution in [0.4, 0.5) is 0 Å². The van der Waals surface area contributed by atoms with Gasteiger partial charge in [-0.25, -0.2) is 0 Å². The van der Waals surface area contributed by atoms with Crippen molar-refractivity contribution in [3.8, 4) is 11.5 Å². The molecule has 0 aliphatic carbocycles. The molecule has 0 amide bonds. The third kappa shape index (κ3) is 2.60. The van der Waals surface area contributed by atoms with Crippen molar-refractivity contribution < 1.29 is 10.2 Å². The summed E-state index contributed by atoms with van der Waals surface area (Å²) in [5.74, 6) is 0.428. The van der Waals surface area contributed by atoms with Crippen molar-refractivity contribution >= 4 is 0 Å². The van der Waals surface area contributed by atoms with Crippen LogP contribution in [0.1, 0.15) is 37.8 Å². The first-order valence-corrected chi connectivity index (χ1v) is 6.61. The molecule has 1 fully saturated rings. The van der Waals surface area contributed by atoms with E-state index >= 15 is 0 Å². The molecule has 1 aromatic rings. The molecular formula is C14H22N2O2. The van der Waals surface area contributed by atoms with Crippen LogP contribution < -0.4 is 5.73 Å². The number of benzene rings is 1. The summed E-state index contributed by atoms with van der Waals surface area (Å²) in [6.07, 6.45) is 3.50. The SMILES string of the molecule is CC(c1cc(O)ccc1O)N1CCCCC1CN. The van der Waals surface area contributed by atoms with Gasteiger partial charge in [0.1, 0.15) is 11.5 Å². The van der Waals surface area contributed by atoms with Crippen molar-refractivity contribution in [3.05, 3.63) is 23.8 Å². The van der Waals surface area contributed by atoms with Gasteiger partial charge in [0.05, 0.1) is 0 Å². The summed E-state index contributed by atoms with van der Waals surface area (Å²) in [5, 5.41) is 19.5. The number of nitrogens with zero attached hydrogens (tertiary/aromatic N) is 1. The van der Waals surface area contributed by atoms with Crippen LogP contribution in [0.15, 0.2) is 18.2 Å². The van der Waals surface area contributed by atoms with E-state index in [9.17, 15) is 10.2 Å². The van der Waals surface area contributed by atoms with Crippen molar-refractivity contribution in [1.82, 2.24) is 4.90 Å². The van der Waals surface area contributed by atoms with E-state index in [0.717, 1.165) is 18.5 Å². The Kier molecular flexibility index (Phi) is 4.09. The molecule has 4 N–H and O–H groups in total. The van der Waals surface area contributed by atoms with Gasteiger partial charge in [0.2, 0.25) is 0 Å². The van der Waals surface area contributed by atoms with Gasteiger partial charge in [-0.3, -0.25) is 4.90 Å². The normalized spacial score (nSPS) is 22.9. The first-order chi connectivity index (χ1) is 8.63. The number of piperidine rings is 1. The molecule has 2 rings (SSSR count). The van der Waals surface area contributed by atoms with Crippen LogP contribution in [0.3, 0.4) is 0 Å². The third-order valence-corrected chi connectivity index (χ3v) is 3.90. The van der Waals surface area contributed by atoms with E-state index < -0.39 is 0 Å². The summed E-state index contributed by atoms with van der Waals surface area (Å²) in [6, 6.07) is 5.13. The lowest BCUT2D eigenvalue weighted by Gasteiger charge is -2.39. The Hall–Kier alpha value is -1.26. The summed E-state index contributed by atoms with van der Waals surface area (Å²) < 4.78 is 0. The number of phenols is 2. The zero-order valence-corrected chi connectivity index (χ0v) is 10.8. The highest BCUT2D eigenvalue weighted by Gasteiger charge is 2.27. The van der Waals surface area contributed by atoms with E-state index in [1.54, 1.807) is 12.1 Å². The molecule has 0 saturated carbocycles. The number of hydrogen-bond acceptors (Lipinski definition) is 4. The quantitative estimate of drug-likeness (QED) is 0.717. The van der Waals surface area contributed by atoms with Gasteiger partial charge >= 0.3 is 0 Å². The Balaban J connectivity index is 2.23. The van der Waals surface area contributed by atoms with Crippen LogP contribution in [-0.2, 0) is 0 Å². The standard InChI is InChI=1S/C14H22N2O2/c1-10(13-8-12(17)5-6-14(13)18)16-7-3-2-4-11(16)9-15/h5-6,8,10-11,17-18H,2-4,7,9,15H2,1H3. The molecule has 1 heterocycles.